The van der Waals surface area contributed by atoms with E-state index in [4.69, 9.17) is 14.6 Å². The van der Waals surface area contributed by atoms with E-state index in [1.807, 2.05) is 24.3 Å². The Labute approximate surface area is 424 Å². The third-order valence-electron chi connectivity index (χ3n) is 14.5. The molecule has 0 aliphatic carbocycles. The van der Waals surface area contributed by atoms with Gasteiger partial charge in [0.05, 0.1) is 72.4 Å². The summed E-state index contributed by atoms with van der Waals surface area (Å²) in [5.74, 6) is 0.635. The van der Waals surface area contributed by atoms with Gasteiger partial charge in [0.25, 0.3) is 5.89 Å². The maximum Gasteiger partial charge on any atom is 0.252 e. The Morgan fingerprint density at radius 2 is 0.625 bits per heavy atom. The van der Waals surface area contributed by atoms with Gasteiger partial charge < -0.3 is 22.7 Å². The van der Waals surface area contributed by atoms with Crippen molar-refractivity contribution < 1.29 is 4.42 Å². The van der Waals surface area contributed by atoms with Gasteiger partial charge in [0, 0.05) is 52.2 Å². The first-order chi connectivity index (χ1) is 35.7. The van der Waals surface area contributed by atoms with Gasteiger partial charge in [-0.25, -0.2) is 0 Å². The number of halogens is 1. The van der Waals surface area contributed by atoms with Gasteiger partial charge in [-0.1, -0.05) is 146 Å². The van der Waals surface area contributed by atoms with Crippen molar-refractivity contribution in [1.29, 1.82) is 5.26 Å². The predicted octanol–water partition coefficient (Wildman–Crippen LogP) is 16.3. The summed E-state index contributed by atoms with van der Waals surface area (Å²) in [5, 5.41) is 31.1. The minimum Gasteiger partial charge on any atom is -0.416 e. The fraction of sp³-hybridized carbons (Fsp3) is 0. The summed E-state index contributed by atoms with van der Waals surface area (Å²) in [6, 6.07) is 79.4. The summed E-state index contributed by atoms with van der Waals surface area (Å²) < 4.78 is 17.6. The lowest BCUT2D eigenvalue weighted by Crippen LogP contribution is -2.16. The lowest BCUT2D eigenvalue weighted by molar-refractivity contribution is 0.584. The van der Waals surface area contributed by atoms with Crippen molar-refractivity contribution in [2.24, 2.45) is 0 Å². The highest BCUT2D eigenvalue weighted by Crippen LogP contribution is 2.51. The Bertz CT molecular complexity index is 4580. The zero-order valence-corrected chi connectivity index (χ0v) is 40.4. The molecule has 0 atom stereocenters. The molecule has 0 bridgehead atoms. The predicted molar refractivity (Wildman–Crippen MR) is 300 cm³/mol. The summed E-state index contributed by atoms with van der Waals surface area (Å²) in [4.78, 5) is 0. The standard InChI is InChI=1S/C63H36IN7O/c64-39-35-33-38(34-36-39)62-66-67-63(72-62)57-58(68-49-25-9-1-17-40(49)41-18-2-10-26-50(41)68)48(37-65)59(69-51-27-11-3-19-42(51)43-20-4-12-28-52(43)69)61(71-55-31-15-7-23-46(55)47-24-8-16-32-56(47)71)60(57)70-53-29-13-5-21-44(53)45-22-6-14-30-54(45)70/h1-36H. The third kappa shape index (κ3) is 5.66. The molecule has 8 nitrogen and oxygen atoms in total. The molecule has 336 valence electrons. The first kappa shape index (κ1) is 40.6. The van der Waals surface area contributed by atoms with E-state index in [2.05, 4.69) is 241 Å². The molecule has 0 fully saturated rings. The molecule has 0 unspecified atom stereocenters. The van der Waals surface area contributed by atoms with Crippen LogP contribution in [0.5, 0.6) is 0 Å². The number of aromatic nitrogens is 6. The van der Waals surface area contributed by atoms with Crippen molar-refractivity contribution in [3.63, 3.8) is 0 Å². The van der Waals surface area contributed by atoms with E-state index in [-0.39, 0.29) is 5.89 Å². The Hall–Kier alpha value is -9.24. The van der Waals surface area contributed by atoms with Crippen molar-refractivity contribution in [3.8, 4) is 51.7 Å². The van der Waals surface area contributed by atoms with E-state index in [9.17, 15) is 5.26 Å². The van der Waals surface area contributed by atoms with Crippen LogP contribution in [0, 0.1) is 14.9 Å². The highest BCUT2D eigenvalue weighted by Gasteiger charge is 2.36. The maximum atomic E-state index is 12.6. The summed E-state index contributed by atoms with van der Waals surface area (Å²) in [6.07, 6.45) is 0. The number of fused-ring (bicyclic) bond motifs is 12. The minimum absolute atomic E-state index is 0.268. The van der Waals surface area contributed by atoms with Crippen molar-refractivity contribution in [2.75, 3.05) is 0 Å². The largest absolute Gasteiger partial charge is 0.416 e. The average Bonchev–Trinajstić information content (AvgIpc) is 4.27. The molecule has 0 N–H and O–H groups in total. The average molecular weight is 1030 g/mol. The van der Waals surface area contributed by atoms with Crippen LogP contribution < -0.4 is 0 Å². The molecule has 5 aromatic heterocycles. The molecule has 0 saturated heterocycles. The molecule has 0 aliphatic heterocycles. The molecule has 0 spiro atoms. The van der Waals surface area contributed by atoms with Crippen LogP contribution in [-0.2, 0) is 0 Å². The van der Waals surface area contributed by atoms with E-state index < -0.39 is 0 Å². The van der Waals surface area contributed by atoms with E-state index in [1.165, 1.54) is 0 Å². The Balaban J connectivity index is 1.30. The number of para-hydroxylation sites is 8. The van der Waals surface area contributed by atoms with Gasteiger partial charge in [0.15, 0.2) is 0 Å². The quantitative estimate of drug-likeness (QED) is 0.155. The number of hydrogen-bond donors (Lipinski definition) is 0. The van der Waals surface area contributed by atoms with Crippen LogP contribution in [0.1, 0.15) is 5.56 Å². The summed E-state index contributed by atoms with van der Waals surface area (Å²) >= 11 is 2.32. The molecular weight excluding hydrogens is 998 g/mol. The number of nitriles is 1. The van der Waals surface area contributed by atoms with Gasteiger partial charge in [-0.15, -0.1) is 10.2 Å². The molecule has 0 radical (unpaired) electrons. The molecule has 15 rings (SSSR count). The number of hydrogen-bond acceptors (Lipinski definition) is 4. The number of nitrogens with zero attached hydrogens (tertiary/aromatic N) is 7. The van der Waals surface area contributed by atoms with E-state index in [0.717, 1.165) is 108 Å². The monoisotopic (exact) mass is 1030 g/mol. The number of rotatable bonds is 6. The minimum atomic E-state index is 0.268. The molecule has 0 saturated carbocycles. The lowest BCUT2D eigenvalue weighted by Gasteiger charge is -2.28. The molecule has 9 heteroatoms. The van der Waals surface area contributed by atoms with Crippen LogP contribution >= 0.6 is 22.6 Å². The van der Waals surface area contributed by atoms with Gasteiger partial charge in [-0.05, 0) is 95.4 Å². The Morgan fingerprint density at radius 3 is 0.972 bits per heavy atom. The van der Waals surface area contributed by atoms with Crippen LogP contribution in [0.15, 0.2) is 223 Å². The second-order valence-corrected chi connectivity index (χ2v) is 19.4. The normalized spacial score (nSPS) is 11.9. The summed E-state index contributed by atoms with van der Waals surface area (Å²) in [6.45, 7) is 0. The second-order valence-electron chi connectivity index (χ2n) is 18.2. The first-order valence-corrected chi connectivity index (χ1v) is 24.9. The van der Waals surface area contributed by atoms with Crippen molar-refractivity contribution in [1.82, 2.24) is 28.5 Å². The third-order valence-corrected chi connectivity index (χ3v) is 15.2. The van der Waals surface area contributed by atoms with Crippen LogP contribution in [0.4, 0.5) is 0 Å². The first-order valence-electron chi connectivity index (χ1n) is 23.8. The van der Waals surface area contributed by atoms with Crippen molar-refractivity contribution in [2.45, 2.75) is 0 Å². The summed E-state index contributed by atoms with van der Waals surface area (Å²) in [7, 11) is 0. The van der Waals surface area contributed by atoms with Gasteiger partial charge in [0.1, 0.15) is 11.6 Å². The lowest BCUT2D eigenvalue weighted by atomic mass is 9.97. The smallest absolute Gasteiger partial charge is 0.252 e. The molecule has 72 heavy (non-hydrogen) atoms. The fourth-order valence-electron chi connectivity index (χ4n) is 11.6. The molecule has 5 heterocycles. The summed E-state index contributed by atoms with van der Waals surface area (Å²) in [5.41, 5.74) is 12.4. The molecule has 0 amide bonds. The van der Waals surface area contributed by atoms with E-state index in [1.54, 1.807) is 0 Å². The molecule has 0 aliphatic rings. The van der Waals surface area contributed by atoms with Crippen LogP contribution in [0.2, 0.25) is 0 Å². The highest BCUT2D eigenvalue weighted by atomic mass is 127. The van der Waals surface area contributed by atoms with Crippen LogP contribution in [0.25, 0.3) is 133 Å². The second kappa shape index (κ2) is 15.6. The van der Waals surface area contributed by atoms with Crippen LogP contribution in [0.3, 0.4) is 0 Å². The Morgan fingerprint density at radius 1 is 0.333 bits per heavy atom. The SMILES string of the molecule is N#Cc1c(-n2c3ccccc3c3ccccc32)c(-c2nnc(-c3ccc(I)cc3)o2)c(-n2c3ccccc3c3ccccc32)c(-n2c3ccccc3c3ccccc32)c1-n1c2ccccc2c2ccccc21. The zero-order valence-electron chi connectivity index (χ0n) is 38.2. The van der Waals surface area contributed by atoms with Gasteiger partial charge in [-0.3, -0.25) is 0 Å². The van der Waals surface area contributed by atoms with E-state index >= 15 is 0 Å². The molecule has 10 aromatic carbocycles. The maximum absolute atomic E-state index is 12.6. The molecule has 15 aromatic rings. The zero-order chi connectivity index (χ0) is 47.6. The highest BCUT2D eigenvalue weighted by molar-refractivity contribution is 14.1. The topological polar surface area (TPSA) is 82.4 Å². The number of benzene rings is 10. The van der Waals surface area contributed by atoms with E-state index in [0.29, 0.717) is 28.4 Å². The fourth-order valence-corrected chi connectivity index (χ4v) is 11.9. The van der Waals surface area contributed by atoms with Gasteiger partial charge >= 0.3 is 0 Å². The van der Waals surface area contributed by atoms with Crippen molar-refractivity contribution >= 4 is 110 Å². The van der Waals surface area contributed by atoms with Crippen molar-refractivity contribution in [3.05, 3.63) is 228 Å². The van der Waals surface area contributed by atoms with Gasteiger partial charge in [-0.2, -0.15) is 5.26 Å². The Kier molecular flexibility index (Phi) is 8.82. The van der Waals surface area contributed by atoms with Gasteiger partial charge in [0.2, 0.25) is 5.89 Å². The van der Waals surface area contributed by atoms with Crippen LogP contribution in [-0.4, -0.2) is 28.5 Å². The molecular formula is C63H36IN7O.